The molecule has 0 aliphatic heterocycles. The van der Waals surface area contributed by atoms with E-state index in [1.165, 1.54) is 19.2 Å². The molecule has 16 heavy (non-hydrogen) atoms. The first kappa shape index (κ1) is 12.6. The first-order valence-electron chi connectivity index (χ1n) is 4.41. The molecule has 0 spiro atoms. The molecule has 0 amide bonds. The highest BCUT2D eigenvalue weighted by molar-refractivity contribution is 5.38. The Bertz CT molecular complexity index is 325. The van der Waals surface area contributed by atoms with E-state index < -0.39 is 12.1 Å². The second kappa shape index (κ2) is 5.60. The van der Waals surface area contributed by atoms with Crippen LogP contribution in [0.1, 0.15) is 0 Å². The topological polar surface area (TPSA) is 27.7 Å². The van der Waals surface area contributed by atoms with E-state index in [1.54, 1.807) is 0 Å². The van der Waals surface area contributed by atoms with E-state index in [-0.39, 0.29) is 19.0 Å². The van der Waals surface area contributed by atoms with E-state index in [1.807, 2.05) is 0 Å². The van der Waals surface area contributed by atoms with Crippen molar-refractivity contribution in [3.8, 4) is 11.5 Å². The summed E-state index contributed by atoms with van der Waals surface area (Å²) in [5, 5.41) is 0. The molecule has 0 aromatic heterocycles. The maximum atomic E-state index is 12.0. The lowest BCUT2D eigenvalue weighted by atomic mass is 10.3. The van der Waals surface area contributed by atoms with Crippen molar-refractivity contribution < 1.29 is 27.4 Å². The summed E-state index contributed by atoms with van der Waals surface area (Å²) < 4.78 is 49.5. The van der Waals surface area contributed by atoms with E-state index in [9.17, 15) is 13.2 Å². The van der Waals surface area contributed by atoms with Crippen molar-refractivity contribution in [1.29, 1.82) is 0 Å². The smallest absolute Gasteiger partial charge is 0.487 e. The van der Waals surface area contributed by atoms with Crippen LogP contribution in [-0.4, -0.2) is 26.7 Å². The summed E-state index contributed by atoms with van der Waals surface area (Å²) in [6.07, 6.45) is -4.74. The maximum Gasteiger partial charge on any atom is 0.573 e. The van der Waals surface area contributed by atoms with Crippen LogP contribution in [-0.2, 0) is 4.74 Å². The maximum absolute atomic E-state index is 12.0. The number of benzene rings is 1. The Morgan fingerprint density at radius 3 is 2.69 bits per heavy atom. The molecule has 3 nitrogen and oxygen atoms in total. The number of halogens is 3. The molecule has 0 atom stereocenters. The van der Waals surface area contributed by atoms with Crippen LogP contribution in [0.4, 0.5) is 13.2 Å². The Hall–Kier alpha value is -1.43. The zero-order valence-electron chi connectivity index (χ0n) is 8.50. The molecule has 1 aromatic carbocycles. The van der Waals surface area contributed by atoms with Gasteiger partial charge < -0.3 is 14.2 Å². The van der Waals surface area contributed by atoms with Gasteiger partial charge in [0.1, 0.15) is 6.61 Å². The van der Waals surface area contributed by atoms with E-state index in [0.717, 1.165) is 6.07 Å². The fourth-order valence-corrected chi connectivity index (χ4v) is 0.951. The van der Waals surface area contributed by atoms with Gasteiger partial charge in [0.05, 0.1) is 6.61 Å². The van der Waals surface area contributed by atoms with Crippen molar-refractivity contribution in [2.24, 2.45) is 0 Å². The lowest BCUT2D eigenvalue weighted by Crippen LogP contribution is -2.18. The highest BCUT2D eigenvalue weighted by atomic mass is 19.4. The summed E-state index contributed by atoms with van der Waals surface area (Å²) in [6.45, 7) is 0.402. The predicted molar refractivity (Wildman–Crippen MR) is 49.3 cm³/mol. The van der Waals surface area contributed by atoms with E-state index in [0.29, 0.717) is 0 Å². The summed E-state index contributed by atoms with van der Waals surface area (Å²) in [4.78, 5) is 0. The molecule has 6 heteroatoms. The molecule has 0 unspecified atom stereocenters. The van der Waals surface area contributed by atoms with Crippen molar-refractivity contribution in [2.45, 2.75) is 6.36 Å². The third-order valence-electron chi connectivity index (χ3n) is 1.54. The number of rotatable bonds is 5. The summed E-state index contributed by atoms with van der Waals surface area (Å²) in [7, 11) is 1.46. The van der Waals surface area contributed by atoms with Crippen molar-refractivity contribution in [1.82, 2.24) is 0 Å². The van der Waals surface area contributed by atoms with Gasteiger partial charge in [0, 0.05) is 13.2 Å². The third-order valence-corrected chi connectivity index (χ3v) is 1.54. The van der Waals surface area contributed by atoms with E-state index >= 15 is 0 Å². The van der Waals surface area contributed by atoms with E-state index in [4.69, 9.17) is 9.47 Å². The predicted octanol–water partition coefficient (Wildman–Crippen LogP) is 2.41. The fourth-order valence-electron chi connectivity index (χ4n) is 0.951. The second-order valence-corrected chi connectivity index (χ2v) is 2.75. The standard InChI is InChI=1S/C10H10F3O3/c1-14-6-7-15-8-4-2-3-5-9(8)16-10(11,12)13/h2-3,5H,6-7H2,1H3. The molecule has 0 heterocycles. The van der Waals surface area contributed by atoms with Gasteiger partial charge in [-0.2, -0.15) is 0 Å². The number of methoxy groups -OCH3 is 1. The zero-order chi connectivity index (χ0) is 12.0. The Morgan fingerprint density at radius 1 is 1.31 bits per heavy atom. The second-order valence-electron chi connectivity index (χ2n) is 2.75. The summed E-state index contributed by atoms with van der Waals surface area (Å²) in [5.41, 5.74) is 0. The van der Waals surface area contributed by atoms with Gasteiger partial charge >= 0.3 is 6.36 Å². The van der Waals surface area contributed by atoms with Gasteiger partial charge in [0.15, 0.2) is 11.5 Å². The number of hydrogen-bond acceptors (Lipinski definition) is 3. The highest BCUT2D eigenvalue weighted by Gasteiger charge is 2.32. The van der Waals surface area contributed by atoms with Gasteiger partial charge in [-0.3, -0.25) is 0 Å². The van der Waals surface area contributed by atoms with Crippen LogP contribution >= 0.6 is 0 Å². The van der Waals surface area contributed by atoms with Crippen LogP contribution in [0.15, 0.2) is 18.2 Å². The molecule has 0 saturated heterocycles. The fraction of sp³-hybridized carbons (Fsp3) is 0.400. The molecule has 0 bridgehead atoms. The highest BCUT2D eigenvalue weighted by Crippen LogP contribution is 2.31. The minimum atomic E-state index is -4.74. The van der Waals surface area contributed by atoms with Crippen molar-refractivity contribution in [3.05, 3.63) is 24.3 Å². The lowest BCUT2D eigenvalue weighted by molar-refractivity contribution is -0.275. The van der Waals surface area contributed by atoms with Gasteiger partial charge in [-0.05, 0) is 6.07 Å². The van der Waals surface area contributed by atoms with Crippen LogP contribution < -0.4 is 9.47 Å². The Labute approximate surface area is 90.7 Å². The van der Waals surface area contributed by atoms with Crippen LogP contribution in [0.25, 0.3) is 0 Å². The van der Waals surface area contributed by atoms with Crippen LogP contribution in [0.3, 0.4) is 0 Å². The molecule has 1 radical (unpaired) electrons. The Balaban J connectivity index is 2.68. The van der Waals surface area contributed by atoms with Crippen molar-refractivity contribution in [3.63, 3.8) is 0 Å². The summed E-state index contributed by atoms with van der Waals surface area (Å²) >= 11 is 0. The molecule has 0 saturated carbocycles. The monoisotopic (exact) mass is 235 g/mol. The molecule has 0 aliphatic carbocycles. The summed E-state index contributed by atoms with van der Waals surface area (Å²) in [5.74, 6) is -0.497. The van der Waals surface area contributed by atoms with Gasteiger partial charge in [-0.1, -0.05) is 12.1 Å². The Kier molecular flexibility index (Phi) is 4.42. The van der Waals surface area contributed by atoms with Crippen molar-refractivity contribution >= 4 is 0 Å². The average molecular weight is 235 g/mol. The molecule has 0 fully saturated rings. The number of para-hydroxylation sites is 1. The first-order chi connectivity index (χ1) is 7.53. The van der Waals surface area contributed by atoms with Gasteiger partial charge in [-0.25, -0.2) is 0 Å². The largest absolute Gasteiger partial charge is 0.573 e. The lowest BCUT2D eigenvalue weighted by Gasteiger charge is -2.13. The minimum Gasteiger partial charge on any atom is -0.487 e. The van der Waals surface area contributed by atoms with Gasteiger partial charge in [0.2, 0.25) is 0 Å². The van der Waals surface area contributed by atoms with Crippen molar-refractivity contribution in [2.75, 3.05) is 20.3 Å². The molecule has 89 valence electrons. The molecule has 0 aliphatic rings. The number of alkyl halides is 3. The van der Waals surface area contributed by atoms with Gasteiger partial charge in [0.25, 0.3) is 0 Å². The van der Waals surface area contributed by atoms with Crippen LogP contribution in [0.5, 0.6) is 11.5 Å². The minimum absolute atomic E-state index is 0.0862. The summed E-state index contributed by atoms with van der Waals surface area (Å²) in [6, 6.07) is 6.49. The Morgan fingerprint density at radius 2 is 2.06 bits per heavy atom. The molecular formula is C10H10F3O3. The molecule has 0 N–H and O–H groups in total. The van der Waals surface area contributed by atoms with Crippen LogP contribution in [0, 0.1) is 6.07 Å². The normalized spacial score (nSPS) is 11.2. The van der Waals surface area contributed by atoms with E-state index in [2.05, 4.69) is 10.8 Å². The van der Waals surface area contributed by atoms with Crippen LogP contribution in [0.2, 0.25) is 0 Å². The number of hydrogen-bond donors (Lipinski definition) is 0. The molecular weight excluding hydrogens is 225 g/mol. The number of ether oxygens (including phenoxy) is 3. The first-order valence-corrected chi connectivity index (χ1v) is 4.41. The van der Waals surface area contributed by atoms with Gasteiger partial charge in [-0.15, -0.1) is 13.2 Å². The zero-order valence-corrected chi connectivity index (χ0v) is 8.50. The third kappa shape index (κ3) is 4.39. The quantitative estimate of drug-likeness (QED) is 0.733. The molecule has 1 aromatic rings. The average Bonchev–Trinajstić information content (AvgIpc) is 2.19. The molecule has 1 rings (SSSR count). The SMILES string of the molecule is COCCOc1[c]cccc1OC(F)(F)F.